The number of hydrogen-bond donors (Lipinski definition) is 0. The number of nitrogens with zero attached hydrogens (tertiary/aromatic N) is 1. The standard InChI is InChI=1S/3C6H5.CNS.H2O.Sn/c3*1-2-4-6-5-3-1;2-1-3;;/h3*1-5H;;1H2;/q;;;-1;;+1/p+1. The minimum atomic E-state index is -1.98. The van der Waals surface area contributed by atoms with Crippen molar-refractivity contribution in [1.29, 1.82) is 0 Å². The van der Waals surface area contributed by atoms with Crippen LogP contribution in [0.5, 0.6) is 0 Å². The molecule has 0 aliphatic heterocycles. The summed E-state index contributed by atoms with van der Waals surface area (Å²) in [6, 6.07) is 32.9. The second-order valence-corrected chi connectivity index (χ2v) is 11.8. The third-order valence-corrected chi connectivity index (χ3v) is 11.0. The molecule has 3 aromatic carbocycles. The number of thiocarbonyl (C=S) groups is 1. The van der Waals surface area contributed by atoms with Crippen LogP contribution in [-0.2, 0) is 5.48 Å². The first-order valence-electron chi connectivity index (χ1n) is 6.91. The normalized spacial score (nSPS) is 8.70. The van der Waals surface area contributed by atoms with Crippen molar-refractivity contribution < 1.29 is 5.48 Å². The zero-order valence-corrected chi connectivity index (χ0v) is 16.3. The summed E-state index contributed by atoms with van der Waals surface area (Å²) in [7, 11) is 0. The zero-order chi connectivity index (χ0) is 15.6. The van der Waals surface area contributed by atoms with E-state index in [-0.39, 0.29) is 5.48 Å². The van der Waals surface area contributed by atoms with Gasteiger partial charge in [-0.3, -0.25) is 0 Å². The fourth-order valence-electron chi connectivity index (χ4n) is 2.31. The van der Waals surface area contributed by atoms with Gasteiger partial charge in [0.2, 0.25) is 0 Å². The van der Waals surface area contributed by atoms with Crippen LogP contribution in [0.4, 0.5) is 0 Å². The van der Waals surface area contributed by atoms with E-state index in [2.05, 4.69) is 103 Å². The van der Waals surface area contributed by atoms with Crippen molar-refractivity contribution in [3.05, 3.63) is 96.4 Å². The van der Waals surface area contributed by atoms with Crippen LogP contribution in [0.1, 0.15) is 0 Å². The Morgan fingerprint density at radius 3 is 1.04 bits per heavy atom. The van der Waals surface area contributed by atoms with Crippen molar-refractivity contribution in [2.75, 3.05) is 0 Å². The van der Waals surface area contributed by atoms with Crippen molar-refractivity contribution in [3.63, 3.8) is 0 Å². The van der Waals surface area contributed by atoms with Gasteiger partial charge >= 0.3 is 121 Å². The van der Waals surface area contributed by atoms with Gasteiger partial charge in [-0.15, -0.1) is 0 Å². The van der Waals surface area contributed by atoms with Crippen LogP contribution in [0.25, 0.3) is 5.41 Å². The third kappa shape index (κ3) is 5.73. The Balaban J connectivity index is 0.000000615. The fourth-order valence-corrected chi connectivity index (χ4v) is 9.67. The summed E-state index contributed by atoms with van der Waals surface area (Å²) >= 11 is 1.72. The van der Waals surface area contributed by atoms with E-state index in [1.54, 1.807) is 0 Å². The molecule has 3 N–H and O–H groups in total. The number of benzene rings is 3. The Hall–Kier alpha value is -1.78. The van der Waals surface area contributed by atoms with Gasteiger partial charge in [-0.05, 0) is 0 Å². The average molecular weight is 427 g/mol. The van der Waals surface area contributed by atoms with Gasteiger partial charge in [0.15, 0.2) is 0 Å². The Morgan fingerprint density at radius 2 is 0.826 bits per heavy atom. The van der Waals surface area contributed by atoms with E-state index in [9.17, 15) is 0 Å². The molecule has 0 aromatic heterocycles. The minimum absolute atomic E-state index is 0. The second kappa shape index (κ2) is 10.9. The molecule has 0 aliphatic rings. The van der Waals surface area contributed by atoms with Crippen LogP contribution < -0.4 is 10.7 Å². The molecule has 0 spiro atoms. The molecule has 0 saturated heterocycles. The molecule has 2 nitrogen and oxygen atoms in total. The second-order valence-electron chi connectivity index (χ2n) is 4.56. The number of rotatable bonds is 3. The van der Waals surface area contributed by atoms with Crippen molar-refractivity contribution in [1.82, 2.24) is 0 Å². The maximum absolute atomic E-state index is 7.13. The monoisotopic (exact) mass is 428 g/mol. The summed E-state index contributed by atoms with van der Waals surface area (Å²) < 4.78 is 4.59. The average Bonchev–Trinajstić information content (AvgIpc) is 2.59. The zero-order valence-electron chi connectivity index (χ0n) is 12.6. The van der Waals surface area contributed by atoms with Crippen LogP contribution in [-0.4, -0.2) is 24.9 Å². The molecule has 3 aromatic rings. The summed E-state index contributed by atoms with van der Waals surface area (Å²) in [4.78, 5) is 0. The van der Waals surface area contributed by atoms with Crippen molar-refractivity contribution in [2.24, 2.45) is 0 Å². The van der Waals surface area contributed by atoms with E-state index in [0.29, 0.717) is 0 Å². The van der Waals surface area contributed by atoms with E-state index < -0.39 is 19.8 Å². The molecule has 0 heterocycles. The molecule has 0 amide bonds. The van der Waals surface area contributed by atoms with Gasteiger partial charge in [-0.2, -0.15) is 5.16 Å². The molecular formula is C19H18NOSSn+. The first-order valence-corrected chi connectivity index (χ1v) is 11.6. The Kier molecular flexibility index (Phi) is 9.10. The van der Waals surface area contributed by atoms with Crippen LogP contribution in [0, 0.1) is 0 Å². The van der Waals surface area contributed by atoms with Gasteiger partial charge < -0.3 is 10.9 Å². The molecule has 114 valence electrons. The number of isothiocyanates is 1. The van der Waals surface area contributed by atoms with Gasteiger partial charge in [0, 0.05) is 0 Å². The topological polar surface area (TPSA) is 55.3 Å². The van der Waals surface area contributed by atoms with Crippen LogP contribution in [0.2, 0.25) is 0 Å². The molecule has 3 rings (SSSR count). The van der Waals surface area contributed by atoms with Gasteiger partial charge in [-0.1, -0.05) is 12.2 Å². The van der Waals surface area contributed by atoms with Crippen LogP contribution in [0.15, 0.2) is 91.0 Å². The van der Waals surface area contributed by atoms with Crippen molar-refractivity contribution in [2.45, 2.75) is 0 Å². The summed E-state index contributed by atoms with van der Waals surface area (Å²) in [6.45, 7) is 0. The predicted octanol–water partition coefficient (Wildman–Crippen LogP) is 1.94. The van der Waals surface area contributed by atoms with Crippen molar-refractivity contribution >= 4 is 47.9 Å². The molecule has 0 bridgehead atoms. The first kappa shape index (κ1) is 19.3. The van der Waals surface area contributed by atoms with E-state index in [1.807, 2.05) is 0 Å². The molecule has 0 unspecified atom stereocenters. The van der Waals surface area contributed by atoms with Gasteiger partial charge in [0.25, 0.3) is 0 Å². The van der Waals surface area contributed by atoms with Gasteiger partial charge in [0.05, 0.1) is 0 Å². The van der Waals surface area contributed by atoms with E-state index in [1.165, 1.54) is 15.9 Å². The molecule has 4 heteroatoms. The quantitative estimate of drug-likeness (QED) is 0.273. The van der Waals surface area contributed by atoms with Crippen LogP contribution >= 0.6 is 12.2 Å². The Morgan fingerprint density at radius 1 is 0.609 bits per heavy atom. The van der Waals surface area contributed by atoms with Crippen LogP contribution in [0.3, 0.4) is 0 Å². The van der Waals surface area contributed by atoms with E-state index in [0.717, 1.165) is 0 Å². The third-order valence-electron chi connectivity index (χ3n) is 3.19. The van der Waals surface area contributed by atoms with Crippen molar-refractivity contribution in [3.8, 4) is 0 Å². The molecule has 0 saturated carbocycles. The molecule has 0 atom stereocenters. The first-order chi connectivity index (χ1) is 10.9. The Bertz CT molecular complexity index is 620. The van der Waals surface area contributed by atoms with E-state index in [4.69, 9.17) is 5.41 Å². The number of hydrogen-bond acceptors (Lipinski definition) is 1. The van der Waals surface area contributed by atoms with E-state index >= 15 is 0 Å². The summed E-state index contributed by atoms with van der Waals surface area (Å²) in [5.41, 5.74) is 0. The van der Waals surface area contributed by atoms with Gasteiger partial charge in [-0.25, -0.2) is 0 Å². The summed E-state index contributed by atoms with van der Waals surface area (Å²) in [5, 5.41) is 8.47. The molecule has 0 aliphatic carbocycles. The molecule has 0 fully saturated rings. The maximum atomic E-state index is 7.13. The summed E-state index contributed by atoms with van der Waals surface area (Å²) in [5.74, 6) is 0. The molecular weight excluding hydrogens is 409 g/mol. The molecule has 0 radical (unpaired) electrons. The fraction of sp³-hybridized carbons (Fsp3) is 0. The summed E-state index contributed by atoms with van der Waals surface area (Å²) in [6.07, 6.45) is 0. The SMILES string of the molecule is [N-]=C=S.[OH3+].c1cc[c]([Sn+]([c]2ccccc2)[c]2ccccc2)cc1. The Labute approximate surface area is 149 Å². The predicted molar refractivity (Wildman–Crippen MR) is 105 cm³/mol. The van der Waals surface area contributed by atoms with Gasteiger partial charge in [0.1, 0.15) is 0 Å². The molecule has 23 heavy (non-hydrogen) atoms.